The quantitative estimate of drug-likeness (QED) is 0.858. The lowest BCUT2D eigenvalue weighted by Crippen LogP contribution is -2.32. The number of carbonyl (C=O) groups is 1. The smallest absolute Gasteiger partial charge is 0.246 e. The first-order valence-corrected chi connectivity index (χ1v) is 7.45. The van der Waals surface area contributed by atoms with Crippen LogP contribution in [0.4, 0.5) is 15.8 Å². The highest BCUT2D eigenvalue weighted by Crippen LogP contribution is 2.26. The zero-order valence-corrected chi connectivity index (χ0v) is 13.9. The van der Waals surface area contributed by atoms with Crippen LogP contribution in [0.2, 0.25) is 5.02 Å². The molecule has 0 bridgehead atoms. The van der Waals surface area contributed by atoms with E-state index in [9.17, 15) is 9.18 Å². The Labute approximate surface area is 139 Å². The molecule has 0 aromatic heterocycles. The van der Waals surface area contributed by atoms with Gasteiger partial charge in [-0.05, 0) is 49.7 Å². The summed E-state index contributed by atoms with van der Waals surface area (Å²) < 4.78 is 18.3. The number of benzene rings is 2. The van der Waals surface area contributed by atoms with Crippen molar-refractivity contribution < 1.29 is 13.9 Å². The highest BCUT2D eigenvalue weighted by molar-refractivity contribution is 6.33. The van der Waals surface area contributed by atoms with Crippen molar-refractivity contribution in [2.45, 2.75) is 19.9 Å². The van der Waals surface area contributed by atoms with E-state index in [4.69, 9.17) is 16.3 Å². The molecule has 0 aliphatic rings. The predicted molar refractivity (Wildman–Crippen MR) is 90.9 cm³/mol. The van der Waals surface area contributed by atoms with Gasteiger partial charge in [-0.3, -0.25) is 4.79 Å². The second kappa shape index (κ2) is 7.33. The molecule has 4 nitrogen and oxygen atoms in total. The van der Waals surface area contributed by atoms with E-state index in [1.807, 2.05) is 25.1 Å². The minimum Gasteiger partial charge on any atom is -0.495 e. The fraction of sp³-hybridized carbons (Fsp3) is 0.235. The maximum atomic E-state index is 13.0. The van der Waals surface area contributed by atoms with Crippen LogP contribution in [0.1, 0.15) is 12.5 Å². The molecule has 6 heteroatoms. The zero-order chi connectivity index (χ0) is 17.0. The van der Waals surface area contributed by atoms with Crippen molar-refractivity contribution in [3.63, 3.8) is 0 Å². The van der Waals surface area contributed by atoms with Crippen LogP contribution in [-0.4, -0.2) is 19.1 Å². The van der Waals surface area contributed by atoms with Gasteiger partial charge in [0.25, 0.3) is 0 Å². The summed E-state index contributed by atoms with van der Waals surface area (Å²) in [4.78, 5) is 12.3. The summed E-state index contributed by atoms with van der Waals surface area (Å²) in [5.74, 6) is -0.0965. The molecule has 0 aliphatic carbocycles. The first-order chi connectivity index (χ1) is 10.9. The summed E-state index contributed by atoms with van der Waals surface area (Å²) >= 11 is 5.91. The minimum absolute atomic E-state index is 0.152. The maximum absolute atomic E-state index is 13.0. The molecule has 0 spiro atoms. The van der Waals surface area contributed by atoms with Gasteiger partial charge in [0.1, 0.15) is 17.6 Å². The summed E-state index contributed by atoms with van der Waals surface area (Å²) in [6, 6.07) is 8.93. The minimum atomic E-state index is -0.535. The van der Waals surface area contributed by atoms with Crippen LogP contribution >= 0.6 is 11.6 Å². The molecule has 23 heavy (non-hydrogen) atoms. The SMILES string of the molecule is COc1ccc(C)cc1N[C@H](C)C(=O)Nc1ccc(F)cc1Cl. The van der Waals surface area contributed by atoms with Crippen molar-refractivity contribution in [1.82, 2.24) is 0 Å². The predicted octanol–water partition coefficient (Wildman–Crippen LogP) is 4.24. The average Bonchev–Trinajstić information content (AvgIpc) is 2.50. The lowest BCUT2D eigenvalue weighted by atomic mass is 10.2. The fourth-order valence-electron chi connectivity index (χ4n) is 2.07. The Balaban J connectivity index is 2.10. The number of amides is 1. The molecule has 2 aromatic rings. The normalized spacial score (nSPS) is 11.7. The van der Waals surface area contributed by atoms with E-state index in [1.54, 1.807) is 14.0 Å². The summed E-state index contributed by atoms with van der Waals surface area (Å²) in [6.07, 6.45) is 0. The second-order valence-corrected chi connectivity index (χ2v) is 5.59. The Morgan fingerprint density at radius 2 is 1.96 bits per heavy atom. The van der Waals surface area contributed by atoms with Gasteiger partial charge >= 0.3 is 0 Å². The molecule has 0 saturated carbocycles. The molecule has 0 heterocycles. The van der Waals surface area contributed by atoms with Crippen LogP contribution < -0.4 is 15.4 Å². The topological polar surface area (TPSA) is 50.4 Å². The summed E-state index contributed by atoms with van der Waals surface area (Å²) in [7, 11) is 1.57. The van der Waals surface area contributed by atoms with Gasteiger partial charge < -0.3 is 15.4 Å². The van der Waals surface area contributed by atoms with Crippen LogP contribution in [0.15, 0.2) is 36.4 Å². The van der Waals surface area contributed by atoms with Crippen LogP contribution in [0, 0.1) is 12.7 Å². The first kappa shape index (κ1) is 17.1. The second-order valence-electron chi connectivity index (χ2n) is 5.18. The van der Waals surface area contributed by atoms with Crippen molar-refractivity contribution in [2.24, 2.45) is 0 Å². The molecule has 1 amide bonds. The largest absolute Gasteiger partial charge is 0.495 e. The van der Waals surface area contributed by atoms with Gasteiger partial charge in [0.15, 0.2) is 0 Å². The molecule has 122 valence electrons. The molecule has 0 radical (unpaired) electrons. The van der Waals surface area contributed by atoms with Crippen molar-refractivity contribution in [3.8, 4) is 5.75 Å². The molecule has 0 saturated heterocycles. The lowest BCUT2D eigenvalue weighted by molar-refractivity contribution is -0.116. The van der Waals surface area contributed by atoms with E-state index in [0.717, 1.165) is 17.3 Å². The highest BCUT2D eigenvalue weighted by atomic mass is 35.5. The summed E-state index contributed by atoms with van der Waals surface area (Å²) in [5, 5.41) is 5.92. The van der Waals surface area contributed by atoms with Crippen molar-refractivity contribution >= 4 is 28.9 Å². The Bertz CT molecular complexity index is 722. The Hall–Kier alpha value is -2.27. The molecule has 0 unspecified atom stereocenters. The van der Waals surface area contributed by atoms with Gasteiger partial charge in [-0.2, -0.15) is 0 Å². The fourth-order valence-corrected chi connectivity index (χ4v) is 2.28. The number of carbonyl (C=O) groups excluding carboxylic acids is 1. The molecular weight excluding hydrogens is 319 g/mol. The highest BCUT2D eigenvalue weighted by Gasteiger charge is 2.16. The third kappa shape index (κ3) is 4.36. The molecular formula is C17H18ClFN2O2. The van der Waals surface area contributed by atoms with Crippen LogP contribution in [0.25, 0.3) is 0 Å². The van der Waals surface area contributed by atoms with Crippen LogP contribution in [0.5, 0.6) is 5.75 Å². The van der Waals surface area contributed by atoms with Crippen molar-refractivity contribution in [1.29, 1.82) is 0 Å². The van der Waals surface area contributed by atoms with Gasteiger partial charge in [0.05, 0.1) is 23.5 Å². The zero-order valence-electron chi connectivity index (χ0n) is 13.1. The number of hydrogen-bond donors (Lipinski definition) is 2. The Morgan fingerprint density at radius 3 is 2.61 bits per heavy atom. The van der Waals surface area contributed by atoms with Gasteiger partial charge in [-0.15, -0.1) is 0 Å². The molecule has 0 aliphatic heterocycles. The third-order valence-corrected chi connectivity index (χ3v) is 3.62. The molecule has 2 aromatic carbocycles. The average molecular weight is 337 g/mol. The van der Waals surface area contributed by atoms with Crippen molar-refractivity contribution in [3.05, 3.63) is 52.8 Å². The Kier molecular flexibility index (Phi) is 5.45. The number of methoxy groups -OCH3 is 1. The summed E-state index contributed by atoms with van der Waals surface area (Å²) in [5.41, 5.74) is 2.13. The van der Waals surface area contributed by atoms with E-state index in [2.05, 4.69) is 10.6 Å². The van der Waals surface area contributed by atoms with Gasteiger partial charge in [-0.25, -0.2) is 4.39 Å². The molecule has 2 rings (SSSR count). The van der Waals surface area contributed by atoms with Gasteiger partial charge in [0, 0.05) is 0 Å². The number of aryl methyl sites for hydroxylation is 1. The summed E-state index contributed by atoms with van der Waals surface area (Å²) in [6.45, 7) is 3.67. The number of hydrogen-bond acceptors (Lipinski definition) is 3. The third-order valence-electron chi connectivity index (χ3n) is 3.31. The van der Waals surface area contributed by atoms with Gasteiger partial charge in [0.2, 0.25) is 5.91 Å². The van der Waals surface area contributed by atoms with E-state index < -0.39 is 11.9 Å². The maximum Gasteiger partial charge on any atom is 0.246 e. The number of rotatable bonds is 5. The van der Waals surface area contributed by atoms with E-state index in [0.29, 0.717) is 11.4 Å². The molecule has 2 N–H and O–H groups in total. The van der Waals surface area contributed by atoms with E-state index in [-0.39, 0.29) is 10.9 Å². The number of nitrogens with one attached hydrogen (secondary N) is 2. The lowest BCUT2D eigenvalue weighted by Gasteiger charge is -2.18. The van der Waals surface area contributed by atoms with Crippen LogP contribution in [0.3, 0.4) is 0 Å². The van der Waals surface area contributed by atoms with Crippen molar-refractivity contribution in [2.75, 3.05) is 17.7 Å². The number of ether oxygens (including phenoxy) is 1. The number of halogens is 2. The number of anilines is 2. The standard InChI is InChI=1S/C17H18ClFN2O2/c1-10-4-7-16(23-3)15(8-10)20-11(2)17(22)21-14-6-5-12(19)9-13(14)18/h4-9,11,20H,1-3H3,(H,21,22)/t11-/m1/s1. The van der Waals surface area contributed by atoms with E-state index >= 15 is 0 Å². The molecule has 1 atom stereocenters. The van der Waals surface area contributed by atoms with Gasteiger partial charge in [-0.1, -0.05) is 17.7 Å². The van der Waals surface area contributed by atoms with Crippen LogP contribution in [-0.2, 0) is 4.79 Å². The Morgan fingerprint density at radius 1 is 1.22 bits per heavy atom. The molecule has 0 fully saturated rings. The monoisotopic (exact) mass is 336 g/mol. The van der Waals surface area contributed by atoms with E-state index in [1.165, 1.54) is 12.1 Å². The first-order valence-electron chi connectivity index (χ1n) is 7.08.